The zero-order valence-electron chi connectivity index (χ0n) is 17.8. The highest BCUT2D eigenvalue weighted by atomic mass is 32.2. The van der Waals surface area contributed by atoms with E-state index < -0.39 is 40.4 Å². The van der Waals surface area contributed by atoms with E-state index in [9.17, 15) is 27.2 Å². The average Bonchev–Trinajstić information content (AvgIpc) is 2.70. The predicted octanol–water partition coefficient (Wildman–Crippen LogP) is 2.57. The number of benzene rings is 2. The first-order chi connectivity index (χ1) is 15.0. The van der Waals surface area contributed by atoms with Crippen molar-refractivity contribution in [2.45, 2.75) is 25.7 Å². The molecule has 0 saturated heterocycles. The van der Waals surface area contributed by atoms with Crippen LogP contribution in [-0.2, 0) is 19.6 Å². The molecule has 3 N–H and O–H groups in total. The summed E-state index contributed by atoms with van der Waals surface area (Å²) in [4.78, 5) is 35.6. The summed E-state index contributed by atoms with van der Waals surface area (Å²) in [7, 11) is -4.13. The molecule has 11 heteroatoms. The quantitative estimate of drug-likeness (QED) is 0.514. The Morgan fingerprint density at radius 1 is 1.09 bits per heavy atom. The van der Waals surface area contributed by atoms with Crippen molar-refractivity contribution in [3.8, 4) is 0 Å². The number of ether oxygens (including phenoxy) is 1. The third kappa shape index (κ3) is 7.05. The maximum Gasteiger partial charge on any atom is 0.340 e. The number of hydrogen-bond donors (Lipinski definition) is 3. The largest absolute Gasteiger partial charge is 0.452 e. The molecule has 0 heterocycles. The van der Waals surface area contributed by atoms with Gasteiger partial charge in [-0.3, -0.25) is 14.8 Å². The van der Waals surface area contributed by atoms with Gasteiger partial charge in [-0.15, -0.1) is 0 Å². The van der Waals surface area contributed by atoms with Gasteiger partial charge in [0.05, 0.1) is 16.1 Å². The number of nitrogens with one attached hydrogen (secondary N) is 3. The summed E-state index contributed by atoms with van der Waals surface area (Å²) >= 11 is 0. The fraction of sp³-hybridized carbons (Fsp3) is 0.286. The number of carbonyl (C=O) groups excluding carboxylic acids is 3. The third-order valence-corrected chi connectivity index (χ3v) is 5.60. The number of anilines is 1. The van der Waals surface area contributed by atoms with Crippen molar-refractivity contribution in [2.24, 2.45) is 5.92 Å². The van der Waals surface area contributed by atoms with E-state index in [0.717, 1.165) is 18.2 Å². The van der Waals surface area contributed by atoms with E-state index in [-0.39, 0.29) is 27.6 Å². The summed E-state index contributed by atoms with van der Waals surface area (Å²) < 4.78 is 45.9. The summed E-state index contributed by atoms with van der Waals surface area (Å²) in [6.45, 7) is 4.82. The number of hydrogen-bond acceptors (Lipinski definition) is 6. The van der Waals surface area contributed by atoms with Crippen molar-refractivity contribution in [1.29, 1.82) is 0 Å². The average molecular weight is 466 g/mol. The lowest BCUT2D eigenvalue weighted by atomic mass is 10.2. The van der Waals surface area contributed by atoms with Gasteiger partial charge in [-0.05, 0) is 48.7 Å². The Labute approximate surface area is 185 Å². The molecule has 0 spiro atoms. The Hall–Kier alpha value is -3.47. The van der Waals surface area contributed by atoms with E-state index in [0.29, 0.717) is 6.54 Å². The van der Waals surface area contributed by atoms with Crippen LogP contribution in [0.15, 0.2) is 47.4 Å². The lowest BCUT2D eigenvalue weighted by Gasteiger charge is -2.14. The Balaban J connectivity index is 2.07. The molecule has 0 unspecified atom stereocenters. The van der Waals surface area contributed by atoms with Crippen LogP contribution in [-0.4, -0.2) is 39.5 Å². The van der Waals surface area contributed by atoms with Crippen molar-refractivity contribution in [1.82, 2.24) is 10.6 Å². The van der Waals surface area contributed by atoms with Crippen molar-refractivity contribution in [3.63, 3.8) is 0 Å². The van der Waals surface area contributed by atoms with Crippen molar-refractivity contribution < 1.29 is 31.9 Å². The number of sulfonamides is 1. The minimum absolute atomic E-state index is 0.0868. The van der Waals surface area contributed by atoms with E-state index in [1.807, 2.05) is 19.2 Å². The van der Waals surface area contributed by atoms with E-state index in [1.54, 1.807) is 0 Å². The number of imide groups is 1. The smallest absolute Gasteiger partial charge is 0.340 e. The normalized spacial score (nSPS) is 11.0. The van der Waals surface area contributed by atoms with Crippen LogP contribution < -0.4 is 15.4 Å². The molecule has 2 rings (SSSR count). The van der Waals surface area contributed by atoms with E-state index >= 15 is 0 Å². The van der Waals surface area contributed by atoms with Gasteiger partial charge in [0.1, 0.15) is 5.82 Å². The van der Waals surface area contributed by atoms with Gasteiger partial charge in [0.25, 0.3) is 15.9 Å². The second-order valence-corrected chi connectivity index (χ2v) is 8.94. The van der Waals surface area contributed by atoms with Crippen molar-refractivity contribution >= 4 is 33.6 Å². The number of halogens is 1. The molecular formula is C21H24FN3O6S. The number of urea groups is 1. The number of carbonyl (C=O) groups is 3. The summed E-state index contributed by atoms with van der Waals surface area (Å²) in [6, 6.07) is 8.11. The second kappa shape index (κ2) is 10.7. The van der Waals surface area contributed by atoms with Gasteiger partial charge in [0, 0.05) is 6.54 Å². The number of esters is 1. The highest BCUT2D eigenvalue weighted by Crippen LogP contribution is 2.23. The van der Waals surface area contributed by atoms with Gasteiger partial charge in [-0.1, -0.05) is 26.0 Å². The van der Waals surface area contributed by atoms with Crippen LogP contribution in [0.1, 0.15) is 29.8 Å². The van der Waals surface area contributed by atoms with E-state index in [4.69, 9.17) is 4.74 Å². The fourth-order valence-corrected chi connectivity index (χ4v) is 3.88. The first-order valence-electron chi connectivity index (χ1n) is 9.62. The van der Waals surface area contributed by atoms with Crippen LogP contribution in [0, 0.1) is 18.7 Å². The molecule has 0 fully saturated rings. The molecule has 32 heavy (non-hydrogen) atoms. The summed E-state index contributed by atoms with van der Waals surface area (Å²) in [6.07, 6.45) is 0. The standard InChI is InChI=1S/C21H24FN3O6S/c1-13(2)11-23-21(28)24-19(26)12-31-20(27)16-6-4-5-7-17(16)25-32(29,30)18-9-8-15(22)10-14(18)3/h4-10,13,25H,11-12H2,1-3H3,(H2,23,24,26,28). The van der Waals surface area contributed by atoms with Crippen LogP contribution in [0.5, 0.6) is 0 Å². The molecule has 172 valence electrons. The van der Waals surface area contributed by atoms with Crippen LogP contribution in [0.25, 0.3) is 0 Å². The van der Waals surface area contributed by atoms with Gasteiger partial charge in [0.2, 0.25) is 0 Å². The first-order valence-corrected chi connectivity index (χ1v) is 11.1. The van der Waals surface area contributed by atoms with Crippen LogP contribution in [0.4, 0.5) is 14.9 Å². The molecule has 0 atom stereocenters. The molecule has 0 radical (unpaired) electrons. The van der Waals surface area contributed by atoms with Crippen LogP contribution in [0.3, 0.4) is 0 Å². The number of aryl methyl sites for hydroxylation is 1. The molecular weight excluding hydrogens is 441 g/mol. The second-order valence-electron chi connectivity index (χ2n) is 7.29. The Morgan fingerprint density at radius 3 is 2.44 bits per heavy atom. The minimum atomic E-state index is -4.13. The molecule has 2 aromatic carbocycles. The molecule has 0 aromatic heterocycles. The minimum Gasteiger partial charge on any atom is -0.452 e. The number of rotatable bonds is 8. The van der Waals surface area contributed by atoms with Crippen molar-refractivity contribution in [2.75, 3.05) is 17.9 Å². The Bertz CT molecular complexity index is 1120. The van der Waals surface area contributed by atoms with Crippen LogP contribution >= 0.6 is 0 Å². The highest BCUT2D eigenvalue weighted by molar-refractivity contribution is 7.92. The monoisotopic (exact) mass is 465 g/mol. The molecule has 0 aliphatic carbocycles. The van der Waals surface area contributed by atoms with E-state index in [2.05, 4.69) is 10.0 Å². The molecule has 0 bridgehead atoms. The van der Waals surface area contributed by atoms with Crippen molar-refractivity contribution in [3.05, 3.63) is 59.4 Å². The molecule has 3 amide bonds. The lowest BCUT2D eigenvalue weighted by molar-refractivity contribution is -0.123. The maximum absolute atomic E-state index is 13.3. The molecule has 0 aliphatic rings. The zero-order chi connectivity index (χ0) is 23.9. The van der Waals surface area contributed by atoms with Gasteiger partial charge < -0.3 is 10.1 Å². The van der Waals surface area contributed by atoms with Crippen LogP contribution in [0.2, 0.25) is 0 Å². The summed E-state index contributed by atoms with van der Waals surface area (Å²) in [5.74, 6) is -2.22. The number of amides is 3. The molecule has 0 aliphatic heterocycles. The molecule has 0 saturated carbocycles. The van der Waals surface area contributed by atoms with Gasteiger partial charge in [-0.25, -0.2) is 22.4 Å². The lowest BCUT2D eigenvalue weighted by Crippen LogP contribution is -2.42. The SMILES string of the molecule is Cc1cc(F)ccc1S(=O)(=O)Nc1ccccc1C(=O)OCC(=O)NC(=O)NCC(C)C. The molecule has 9 nitrogen and oxygen atoms in total. The molecule has 2 aromatic rings. The maximum atomic E-state index is 13.3. The fourth-order valence-electron chi connectivity index (χ4n) is 2.58. The highest BCUT2D eigenvalue weighted by Gasteiger charge is 2.22. The van der Waals surface area contributed by atoms with E-state index in [1.165, 1.54) is 31.2 Å². The Morgan fingerprint density at radius 2 is 1.78 bits per heavy atom. The third-order valence-electron chi connectivity index (χ3n) is 4.08. The number of para-hydroxylation sites is 1. The predicted molar refractivity (Wildman–Crippen MR) is 115 cm³/mol. The van der Waals surface area contributed by atoms with Gasteiger partial charge in [0.15, 0.2) is 6.61 Å². The first kappa shape index (κ1) is 24.8. The topological polar surface area (TPSA) is 131 Å². The summed E-state index contributed by atoms with van der Waals surface area (Å²) in [5, 5.41) is 4.50. The Kier molecular flexibility index (Phi) is 8.30. The zero-order valence-corrected chi connectivity index (χ0v) is 18.6. The van der Waals surface area contributed by atoms with Gasteiger partial charge >= 0.3 is 12.0 Å². The van der Waals surface area contributed by atoms with Gasteiger partial charge in [-0.2, -0.15) is 0 Å². The summed E-state index contributed by atoms with van der Waals surface area (Å²) in [5.41, 5.74) is -0.0471.